The fourth-order valence-corrected chi connectivity index (χ4v) is 3.38. The topological polar surface area (TPSA) is 244 Å². The Morgan fingerprint density at radius 3 is 2.34 bits per heavy atom. The predicted molar refractivity (Wildman–Crippen MR) is 132 cm³/mol. The van der Waals surface area contributed by atoms with E-state index in [0.717, 1.165) is 0 Å². The van der Waals surface area contributed by atoms with E-state index in [1.54, 1.807) is 0 Å². The summed E-state index contributed by atoms with van der Waals surface area (Å²) in [6.45, 7) is 1.63. The molecule has 0 bridgehead atoms. The van der Waals surface area contributed by atoms with E-state index < -0.39 is 47.9 Å². The van der Waals surface area contributed by atoms with Gasteiger partial charge in [-0.2, -0.15) is 11.8 Å². The van der Waals surface area contributed by atoms with Gasteiger partial charge in [0.25, 0.3) is 0 Å². The number of aliphatic imine (C=N–C) groups is 1. The SMILES string of the molecule is CSCCC(NC(=O)C(N)CCCN=C(N)N)C(=O)NC(Cc1cnc[nH]1)C(=O)NC(C)C(=O)O. The Labute approximate surface area is 207 Å². The smallest absolute Gasteiger partial charge is 0.325 e. The minimum atomic E-state index is -1.22. The number of rotatable bonds is 16. The van der Waals surface area contributed by atoms with Gasteiger partial charge in [0.2, 0.25) is 17.7 Å². The van der Waals surface area contributed by atoms with Crippen LogP contribution in [-0.4, -0.2) is 87.4 Å². The molecule has 0 aliphatic heterocycles. The summed E-state index contributed by atoms with van der Waals surface area (Å²) in [7, 11) is 0. The molecular weight excluding hydrogens is 478 g/mol. The van der Waals surface area contributed by atoms with Crippen LogP contribution in [0.25, 0.3) is 0 Å². The van der Waals surface area contributed by atoms with Gasteiger partial charge in [0.1, 0.15) is 18.1 Å². The Morgan fingerprint density at radius 2 is 1.77 bits per heavy atom. The van der Waals surface area contributed by atoms with Gasteiger partial charge in [-0.1, -0.05) is 0 Å². The van der Waals surface area contributed by atoms with Gasteiger partial charge in [-0.3, -0.25) is 24.2 Å². The fourth-order valence-electron chi connectivity index (χ4n) is 2.91. The molecule has 1 heterocycles. The summed E-state index contributed by atoms with van der Waals surface area (Å²) < 4.78 is 0. The maximum Gasteiger partial charge on any atom is 0.325 e. The van der Waals surface area contributed by atoms with Gasteiger partial charge in [0.05, 0.1) is 12.4 Å². The molecule has 1 aromatic heterocycles. The molecule has 1 rings (SSSR count). The van der Waals surface area contributed by atoms with Gasteiger partial charge >= 0.3 is 5.97 Å². The average molecular weight is 514 g/mol. The maximum absolute atomic E-state index is 13.1. The number of carbonyl (C=O) groups is 4. The van der Waals surface area contributed by atoms with E-state index in [1.807, 2.05) is 6.26 Å². The highest BCUT2D eigenvalue weighted by Crippen LogP contribution is 2.06. The molecule has 196 valence electrons. The number of hydrogen-bond acceptors (Lipinski definition) is 8. The third-order valence-electron chi connectivity index (χ3n) is 4.89. The van der Waals surface area contributed by atoms with Crippen LogP contribution in [-0.2, 0) is 25.6 Å². The second-order valence-corrected chi connectivity index (χ2v) is 8.79. The number of carbonyl (C=O) groups excluding carboxylic acids is 3. The lowest BCUT2D eigenvalue weighted by atomic mass is 10.1. The quantitative estimate of drug-likeness (QED) is 0.0664. The van der Waals surface area contributed by atoms with Crippen LogP contribution in [0.3, 0.4) is 0 Å². The number of thioether (sulfide) groups is 1. The van der Waals surface area contributed by atoms with E-state index in [0.29, 0.717) is 37.3 Å². The summed E-state index contributed by atoms with van der Waals surface area (Å²) in [6, 6.07) is -4.10. The van der Waals surface area contributed by atoms with Crippen molar-refractivity contribution in [3.8, 4) is 0 Å². The van der Waals surface area contributed by atoms with E-state index in [1.165, 1.54) is 31.2 Å². The van der Waals surface area contributed by atoms with E-state index in [-0.39, 0.29) is 12.4 Å². The van der Waals surface area contributed by atoms with Crippen molar-refractivity contribution in [2.45, 2.75) is 56.8 Å². The Morgan fingerprint density at radius 1 is 1.11 bits per heavy atom. The highest BCUT2D eigenvalue weighted by atomic mass is 32.2. The molecule has 0 aliphatic carbocycles. The molecule has 1 aromatic rings. The van der Waals surface area contributed by atoms with Gasteiger partial charge in [-0.25, -0.2) is 4.98 Å². The van der Waals surface area contributed by atoms with Gasteiger partial charge in [-0.15, -0.1) is 0 Å². The number of H-pyrrole nitrogens is 1. The Kier molecular flexibility index (Phi) is 13.2. The van der Waals surface area contributed by atoms with E-state index in [2.05, 4.69) is 30.9 Å². The summed E-state index contributed by atoms with van der Waals surface area (Å²) in [5.41, 5.74) is 17.0. The highest BCUT2D eigenvalue weighted by Gasteiger charge is 2.29. The molecule has 0 spiro atoms. The fraction of sp³-hybridized carbons (Fsp3) is 0.600. The number of nitrogens with two attached hydrogens (primary N) is 3. The van der Waals surface area contributed by atoms with Crippen LogP contribution in [0.1, 0.15) is 31.9 Å². The molecule has 0 radical (unpaired) electrons. The van der Waals surface area contributed by atoms with Crippen molar-refractivity contribution in [1.82, 2.24) is 25.9 Å². The molecule has 15 heteroatoms. The van der Waals surface area contributed by atoms with Crippen molar-refractivity contribution >= 4 is 41.4 Å². The van der Waals surface area contributed by atoms with Crippen molar-refractivity contribution in [2.75, 3.05) is 18.6 Å². The van der Waals surface area contributed by atoms with Crippen molar-refractivity contribution in [2.24, 2.45) is 22.2 Å². The third kappa shape index (κ3) is 11.6. The second kappa shape index (κ2) is 15.5. The molecule has 0 aromatic carbocycles. The van der Waals surface area contributed by atoms with Crippen LogP contribution < -0.4 is 33.2 Å². The average Bonchev–Trinajstić information content (AvgIpc) is 3.31. The zero-order chi connectivity index (χ0) is 26.4. The number of nitrogens with zero attached hydrogens (tertiary/aromatic N) is 2. The summed E-state index contributed by atoms with van der Waals surface area (Å²) in [6.07, 6.45) is 5.87. The largest absolute Gasteiger partial charge is 0.480 e. The summed E-state index contributed by atoms with van der Waals surface area (Å²) in [4.78, 5) is 60.1. The Hall–Kier alpha value is -3.33. The maximum atomic E-state index is 13.1. The standard InChI is InChI=1S/C20H35N9O5S/c1-11(19(33)34)27-18(32)15(8-12-9-24-10-26-12)29-17(31)14(5-7-35-2)28-16(30)13(21)4-3-6-25-20(22)23/h9-11,13-15H,3-8,21H2,1-2H3,(H,24,26)(H,27,32)(H,28,30)(H,29,31)(H,33,34)(H4,22,23,25). The first kappa shape index (κ1) is 29.7. The first-order valence-electron chi connectivity index (χ1n) is 11.0. The minimum Gasteiger partial charge on any atom is -0.480 e. The van der Waals surface area contributed by atoms with E-state index >= 15 is 0 Å². The number of imidazole rings is 1. The number of nitrogens with one attached hydrogen (secondary N) is 4. The normalized spacial score (nSPS) is 14.1. The molecule has 35 heavy (non-hydrogen) atoms. The lowest BCUT2D eigenvalue weighted by Gasteiger charge is -2.24. The van der Waals surface area contributed by atoms with Crippen LogP contribution in [0.15, 0.2) is 17.5 Å². The molecule has 0 aliphatic rings. The highest BCUT2D eigenvalue weighted by molar-refractivity contribution is 7.98. The van der Waals surface area contributed by atoms with Gasteiger partial charge < -0.3 is 43.2 Å². The van der Waals surface area contributed by atoms with Crippen molar-refractivity contribution < 1.29 is 24.3 Å². The molecule has 11 N–H and O–H groups in total. The number of aromatic nitrogens is 2. The van der Waals surface area contributed by atoms with E-state index in [4.69, 9.17) is 22.3 Å². The predicted octanol–water partition coefficient (Wildman–Crippen LogP) is -2.35. The van der Waals surface area contributed by atoms with Crippen LogP contribution in [0.5, 0.6) is 0 Å². The zero-order valence-electron chi connectivity index (χ0n) is 19.8. The number of guanidine groups is 1. The Balaban J connectivity index is 2.88. The number of amides is 3. The Bertz CT molecular complexity index is 861. The molecule has 0 saturated heterocycles. The summed E-state index contributed by atoms with van der Waals surface area (Å²) in [5, 5.41) is 16.7. The van der Waals surface area contributed by atoms with Crippen molar-refractivity contribution in [1.29, 1.82) is 0 Å². The molecule has 0 saturated carbocycles. The summed E-state index contributed by atoms with van der Waals surface area (Å²) in [5.74, 6) is -2.51. The van der Waals surface area contributed by atoms with Crippen LogP contribution in [0, 0.1) is 0 Å². The molecule has 3 amide bonds. The second-order valence-electron chi connectivity index (χ2n) is 7.81. The van der Waals surface area contributed by atoms with Crippen molar-refractivity contribution in [3.63, 3.8) is 0 Å². The van der Waals surface area contributed by atoms with Gasteiger partial charge in [-0.05, 0) is 38.2 Å². The van der Waals surface area contributed by atoms with Gasteiger partial charge in [0.15, 0.2) is 5.96 Å². The van der Waals surface area contributed by atoms with Crippen LogP contribution >= 0.6 is 11.8 Å². The molecular formula is C20H35N9O5S. The lowest BCUT2D eigenvalue weighted by molar-refractivity contribution is -0.141. The molecule has 14 nitrogen and oxygen atoms in total. The minimum absolute atomic E-state index is 0.0391. The first-order chi connectivity index (χ1) is 16.5. The molecule has 4 unspecified atom stereocenters. The first-order valence-corrected chi connectivity index (χ1v) is 12.4. The number of hydrogen-bond donors (Lipinski definition) is 8. The summed E-state index contributed by atoms with van der Waals surface area (Å²) >= 11 is 1.48. The lowest BCUT2D eigenvalue weighted by Crippen LogP contribution is -2.57. The van der Waals surface area contributed by atoms with Crippen molar-refractivity contribution in [3.05, 3.63) is 18.2 Å². The number of aromatic amines is 1. The van der Waals surface area contributed by atoms with Crippen LogP contribution in [0.4, 0.5) is 0 Å². The van der Waals surface area contributed by atoms with Gasteiger partial charge in [0, 0.05) is 24.9 Å². The zero-order valence-corrected chi connectivity index (χ0v) is 20.6. The molecule has 4 atom stereocenters. The third-order valence-corrected chi connectivity index (χ3v) is 5.53. The van der Waals surface area contributed by atoms with Crippen LogP contribution in [0.2, 0.25) is 0 Å². The van der Waals surface area contributed by atoms with E-state index in [9.17, 15) is 19.2 Å². The number of aliphatic carboxylic acids is 1. The monoisotopic (exact) mass is 513 g/mol. The number of carboxylic acid groups (broad SMARTS) is 1. The molecule has 0 fully saturated rings. The number of carboxylic acids is 1.